The Labute approximate surface area is 88.6 Å². The molecule has 0 bridgehead atoms. The van der Waals surface area contributed by atoms with Crippen LogP contribution in [-0.4, -0.2) is 6.29 Å². The Bertz CT molecular complexity index is 181. The fraction of sp³-hybridized carbons (Fsp3) is 0.769. The number of hydrogen-bond acceptors (Lipinski definition) is 1. The number of hydrogen-bond donors (Lipinski definition) is 0. The minimum absolute atomic E-state index is 0.571. The van der Waals surface area contributed by atoms with Crippen molar-refractivity contribution in [3.05, 3.63) is 11.1 Å². The van der Waals surface area contributed by atoms with E-state index >= 15 is 0 Å². The molecule has 1 fully saturated rings. The first-order valence-corrected chi connectivity index (χ1v) is 5.88. The van der Waals surface area contributed by atoms with E-state index in [4.69, 9.17) is 0 Å². The molecule has 14 heavy (non-hydrogen) atoms. The number of carbonyl (C=O) groups is 1. The number of carbonyl (C=O) groups excluding carboxylic acids is 1. The minimum Gasteiger partial charge on any atom is -0.298 e. The normalized spacial score (nSPS) is 16.6. The summed E-state index contributed by atoms with van der Waals surface area (Å²) in [7, 11) is 0. The Kier molecular flexibility index (Phi) is 7.45. The van der Waals surface area contributed by atoms with Crippen LogP contribution in [-0.2, 0) is 4.79 Å². The second-order valence-corrected chi connectivity index (χ2v) is 3.91. The highest BCUT2D eigenvalue weighted by molar-refractivity contribution is 5.75. The quantitative estimate of drug-likeness (QED) is 0.479. The van der Waals surface area contributed by atoms with Crippen LogP contribution in [0.1, 0.15) is 59.8 Å². The van der Waals surface area contributed by atoms with Crippen molar-refractivity contribution in [1.82, 2.24) is 0 Å². The maximum absolute atomic E-state index is 10.8. The van der Waals surface area contributed by atoms with Crippen LogP contribution in [0.5, 0.6) is 0 Å². The number of allylic oxidation sites excluding steroid dienone is 2. The fourth-order valence-electron chi connectivity index (χ4n) is 2.04. The minimum atomic E-state index is 0.571. The van der Waals surface area contributed by atoms with E-state index in [-0.39, 0.29) is 0 Å². The molecule has 0 spiro atoms. The zero-order valence-electron chi connectivity index (χ0n) is 10.1. The molecule has 0 aromatic carbocycles. The standard InChI is InChI=1S/C11H18O.C2H6/c1-9(2)11(8-12)10-6-4-3-5-7-10;1-2/h8,10H,3-7H2,1-2H3;1-2H3. The average molecular weight is 196 g/mol. The third-order valence-corrected chi connectivity index (χ3v) is 2.75. The second kappa shape index (κ2) is 7.78. The van der Waals surface area contributed by atoms with Crippen molar-refractivity contribution in [2.45, 2.75) is 59.8 Å². The summed E-state index contributed by atoms with van der Waals surface area (Å²) in [5.41, 5.74) is 2.27. The Morgan fingerprint density at radius 1 is 1.07 bits per heavy atom. The largest absolute Gasteiger partial charge is 0.298 e. The van der Waals surface area contributed by atoms with Crippen LogP contribution in [0.2, 0.25) is 0 Å². The van der Waals surface area contributed by atoms with Crippen molar-refractivity contribution in [3.8, 4) is 0 Å². The number of aldehydes is 1. The van der Waals surface area contributed by atoms with E-state index in [0.29, 0.717) is 5.92 Å². The molecule has 0 heterocycles. The molecule has 0 saturated heterocycles. The van der Waals surface area contributed by atoms with E-state index in [1.54, 1.807) is 0 Å². The Morgan fingerprint density at radius 3 is 1.93 bits per heavy atom. The molecule has 0 aromatic heterocycles. The van der Waals surface area contributed by atoms with Crippen molar-refractivity contribution >= 4 is 6.29 Å². The lowest BCUT2D eigenvalue weighted by Gasteiger charge is -2.22. The highest BCUT2D eigenvalue weighted by Crippen LogP contribution is 2.30. The summed E-state index contributed by atoms with van der Waals surface area (Å²) >= 11 is 0. The third kappa shape index (κ3) is 4.08. The van der Waals surface area contributed by atoms with Gasteiger partial charge in [-0.1, -0.05) is 38.7 Å². The van der Waals surface area contributed by atoms with Crippen LogP contribution in [0.25, 0.3) is 0 Å². The van der Waals surface area contributed by atoms with Crippen molar-refractivity contribution in [2.24, 2.45) is 5.92 Å². The first-order chi connectivity index (χ1) is 6.75. The molecule has 0 aliphatic heterocycles. The lowest BCUT2D eigenvalue weighted by Crippen LogP contribution is -2.11. The number of rotatable bonds is 2. The van der Waals surface area contributed by atoms with Crippen molar-refractivity contribution in [2.75, 3.05) is 0 Å². The average Bonchev–Trinajstić information content (AvgIpc) is 2.23. The molecule has 0 amide bonds. The third-order valence-electron chi connectivity index (χ3n) is 2.75. The summed E-state index contributed by atoms with van der Waals surface area (Å²) in [6, 6.07) is 0. The predicted octanol–water partition coefficient (Wildman–Crippen LogP) is 4.13. The molecule has 0 N–H and O–H groups in total. The maximum Gasteiger partial charge on any atom is 0.146 e. The molecule has 0 radical (unpaired) electrons. The first-order valence-electron chi connectivity index (χ1n) is 5.88. The lowest BCUT2D eigenvalue weighted by molar-refractivity contribution is -0.105. The van der Waals surface area contributed by atoms with E-state index in [1.165, 1.54) is 37.7 Å². The zero-order chi connectivity index (χ0) is 11.0. The van der Waals surface area contributed by atoms with E-state index in [0.717, 1.165) is 11.9 Å². The van der Waals surface area contributed by atoms with Crippen LogP contribution in [0.3, 0.4) is 0 Å². The molecule has 0 aromatic rings. The Morgan fingerprint density at radius 2 is 1.57 bits per heavy atom. The van der Waals surface area contributed by atoms with E-state index in [2.05, 4.69) is 0 Å². The van der Waals surface area contributed by atoms with Crippen molar-refractivity contribution < 1.29 is 4.79 Å². The summed E-state index contributed by atoms with van der Waals surface area (Å²) in [6.45, 7) is 8.08. The van der Waals surface area contributed by atoms with Gasteiger partial charge in [0.05, 0.1) is 0 Å². The van der Waals surface area contributed by atoms with Gasteiger partial charge in [-0.2, -0.15) is 0 Å². The summed E-state index contributed by atoms with van der Waals surface area (Å²) < 4.78 is 0. The second-order valence-electron chi connectivity index (χ2n) is 3.91. The van der Waals surface area contributed by atoms with Gasteiger partial charge in [-0.25, -0.2) is 0 Å². The van der Waals surface area contributed by atoms with E-state index < -0.39 is 0 Å². The predicted molar refractivity (Wildman–Crippen MR) is 62.4 cm³/mol. The van der Waals surface area contributed by atoms with Gasteiger partial charge >= 0.3 is 0 Å². The van der Waals surface area contributed by atoms with Crippen LogP contribution in [0.15, 0.2) is 11.1 Å². The van der Waals surface area contributed by atoms with Gasteiger partial charge in [0.2, 0.25) is 0 Å². The molecule has 1 aliphatic rings. The molecule has 82 valence electrons. The van der Waals surface area contributed by atoms with Crippen molar-refractivity contribution in [3.63, 3.8) is 0 Å². The van der Waals surface area contributed by atoms with Gasteiger partial charge in [0.15, 0.2) is 0 Å². The van der Waals surface area contributed by atoms with Gasteiger partial charge in [0, 0.05) is 0 Å². The summed E-state index contributed by atoms with van der Waals surface area (Å²) in [5.74, 6) is 0.571. The molecular weight excluding hydrogens is 172 g/mol. The van der Waals surface area contributed by atoms with E-state index in [1.807, 2.05) is 27.7 Å². The monoisotopic (exact) mass is 196 g/mol. The fourth-order valence-corrected chi connectivity index (χ4v) is 2.04. The molecule has 1 rings (SSSR count). The molecule has 1 nitrogen and oxygen atoms in total. The SMILES string of the molecule is CC.CC(C)=C(C=O)C1CCCCC1. The van der Waals surface area contributed by atoms with Gasteiger partial charge in [0.25, 0.3) is 0 Å². The van der Waals surface area contributed by atoms with Gasteiger partial charge < -0.3 is 0 Å². The Hall–Kier alpha value is -0.590. The zero-order valence-corrected chi connectivity index (χ0v) is 10.1. The summed E-state index contributed by atoms with van der Waals surface area (Å²) in [6.07, 6.45) is 7.46. The molecule has 0 unspecified atom stereocenters. The maximum atomic E-state index is 10.8. The summed E-state index contributed by atoms with van der Waals surface area (Å²) in [4.78, 5) is 10.8. The molecule has 1 aliphatic carbocycles. The first kappa shape index (κ1) is 13.4. The van der Waals surface area contributed by atoms with Crippen molar-refractivity contribution in [1.29, 1.82) is 0 Å². The van der Waals surface area contributed by atoms with Crippen LogP contribution >= 0.6 is 0 Å². The van der Waals surface area contributed by atoms with Gasteiger partial charge in [-0.15, -0.1) is 0 Å². The smallest absolute Gasteiger partial charge is 0.146 e. The highest BCUT2D eigenvalue weighted by Gasteiger charge is 2.17. The Balaban J connectivity index is 0.000000791. The molecule has 1 heteroatoms. The lowest BCUT2D eigenvalue weighted by atomic mass is 9.83. The molecular formula is C13H24O. The van der Waals surface area contributed by atoms with Crippen LogP contribution < -0.4 is 0 Å². The van der Waals surface area contributed by atoms with Gasteiger partial charge in [0.1, 0.15) is 6.29 Å². The highest BCUT2D eigenvalue weighted by atomic mass is 16.1. The summed E-state index contributed by atoms with van der Waals surface area (Å²) in [5, 5.41) is 0. The topological polar surface area (TPSA) is 17.1 Å². The van der Waals surface area contributed by atoms with Gasteiger partial charge in [-0.05, 0) is 38.2 Å². The van der Waals surface area contributed by atoms with Crippen LogP contribution in [0.4, 0.5) is 0 Å². The van der Waals surface area contributed by atoms with E-state index in [9.17, 15) is 4.79 Å². The molecule has 1 saturated carbocycles. The van der Waals surface area contributed by atoms with Gasteiger partial charge in [-0.3, -0.25) is 4.79 Å². The molecule has 0 atom stereocenters. The van der Waals surface area contributed by atoms with Crippen LogP contribution in [0, 0.1) is 5.92 Å².